The average Bonchev–Trinajstić information content (AvgIpc) is 3.74. The summed E-state index contributed by atoms with van der Waals surface area (Å²) in [4.78, 5) is 0. The second-order valence-electron chi connectivity index (χ2n) is 16.3. The third kappa shape index (κ3) is 4.53. The van der Waals surface area contributed by atoms with Gasteiger partial charge in [0.1, 0.15) is 0 Å². The molecule has 0 atom stereocenters. The minimum Gasteiger partial charge on any atom is -0.135 e. The van der Waals surface area contributed by atoms with E-state index in [0.717, 1.165) is 12.8 Å². The molecule has 10 aromatic rings. The van der Waals surface area contributed by atoms with Gasteiger partial charge in [0.2, 0.25) is 0 Å². The molecule has 0 amide bonds. The van der Waals surface area contributed by atoms with Gasteiger partial charge in [0, 0.05) is 25.6 Å². The zero-order chi connectivity index (χ0) is 37.1. The lowest BCUT2D eigenvalue weighted by Crippen LogP contribution is -2.31. The van der Waals surface area contributed by atoms with Gasteiger partial charge in [-0.1, -0.05) is 159 Å². The van der Waals surface area contributed by atoms with E-state index in [9.17, 15) is 0 Å². The quantitative estimate of drug-likeness (QED) is 0.170. The largest absolute Gasteiger partial charge is 0.135 e. The maximum Gasteiger partial charge on any atom is 0.0361 e. The number of benzene rings is 9. The highest BCUT2D eigenvalue weighted by atomic mass is 32.1. The Balaban J connectivity index is 0.981. The van der Waals surface area contributed by atoms with Crippen LogP contribution in [-0.4, -0.2) is 0 Å². The summed E-state index contributed by atoms with van der Waals surface area (Å²) in [6.07, 6.45) is 7.07. The number of thiophene rings is 1. The summed E-state index contributed by atoms with van der Waals surface area (Å²) in [5.41, 5.74) is 13.2. The van der Waals surface area contributed by atoms with Crippen molar-refractivity contribution in [1.82, 2.24) is 0 Å². The molecule has 56 heavy (non-hydrogen) atoms. The first-order chi connectivity index (χ1) is 27.5. The molecule has 0 spiro atoms. The van der Waals surface area contributed by atoms with Gasteiger partial charge in [-0.25, -0.2) is 0 Å². The smallest absolute Gasteiger partial charge is 0.0361 e. The highest BCUT2D eigenvalue weighted by molar-refractivity contribution is 7.26. The molecule has 0 N–H and O–H groups in total. The first-order valence-corrected chi connectivity index (χ1v) is 20.7. The minimum absolute atomic E-state index is 0.0985. The number of hydrogen-bond acceptors (Lipinski definition) is 1. The number of rotatable bonds is 3. The molecule has 264 valence electrons. The number of fused-ring (bicyclic) bond motifs is 12. The summed E-state index contributed by atoms with van der Waals surface area (Å²) in [5, 5.41) is 13.4. The molecule has 12 rings (SSSR count). The zero-order valence-corrected chi connectivity index (χ0v) is 32.3. The molecule has 0 bridgehead atoms. The van der Waals surface area contributed by atoms with Crippen LogP contribution in [0.5, 0.6) is 0 Å². The molecule has 0 saturated heterocycles. The Hall–Kier alpha value is -6.28. The Morgan fingerprint density at radius 3 is 1.84 bits per heavy atom. The molecule has 0 unspecified atom stereocenters. The van der Waals surface area contributed by atoms with Crippen LogP contribution in [0.4, 0.5) is 0 Å². The van der Waals surface area contributed by atoms with E-state index in [0.29, 0.717) is 0 Å². The Kier molecular flexibility index (Phi) is 6.78. The fourth-order valence-electron chi connectivity index (χ4n) is 10.3. The molecule has 0 nitrogen and oxygen atoms in total. The van der Waals surface area contributed by atoms with E-state index in [1.54, 1.807) is 0 Å². The molecule has 9 aromatic carbocycles. The average molecular weight is 731 g/mol. The van der Waals surface area contributed by atoms with E-state index >= 15 is 0 Å². The van der Waals surface area contributed by atoms with Crippen LogP contribution in [0.1, 0.15) is 37.8 Å². The van der Waals surface area contributed by atoms with E-state index in [4.69, 9.17) is 0 Å². The monoisotopic (exact) mass is 730 g/mol. The highest BCUT2D eigenvalue weighted by Crippen LogP contribution is 2.53. The lowest BCUT2D eigenvalue weighted by Gasteiger charge is -2.23. The summed E-state index contributed by atoms with van der Waals surface area (Å²) >= 11 is 1.90. The molecular weight excluding hydrogens is 693 g/mol. The van der Waals surface area contributed by atoms with Crippen LogP contribution in [0.15, 0.2) is 158 Å². The van der Waals surface area contributed by atoms with Gasteiger partial charge < -0.3 is 0 Å². The predicted octanol–water partition coefficient (Wildman–Crippen LogP) is 14.2. The fraction of sp³-hybridized carbons (Fsp3) is 0.0909. The van der Waals surface area contributed by atoms with E-state index in [2.05, 4.69) is 184 Å². The molecule has 1 aromatic heterocycles. The summed E-state index contributed by atoms with van der Waals surface area (Å²) < 4.78 is 2.72. The molecule has 2 aliphatic rings. The zero-order valence-electron chi connectivity index (χ0n) is 31.5. The van der Waals surface area contributed by atoms with Crippen molar-refractivity contribution in [2.45, 2.75) is 32.1 Å². The van der Waals surface area contributed by atoms with Crippen molar-refractivity contribution in [2.24, 2.45) is 0 Å². The SMILES string of the molecule is CC1(C)c2ccc(-c3ccc(-c4c5c(c(-c6ccc7ccccc7c6)c6ccccc46)=CCCC=5)cc3)cc2-c2ccc3c(ccc4sc5ccccc5c43)c21. The van der Waals surface area contributed by atoms with Crippen LogP contribution in [-0.2, 0) is 5.41 Å². The van der Waals surface area contributed by atoms with Crippen LogP contribution >= 0.6 is 11.3 Å². The van der Waals surface area contributed by atoms with Crippen molar-refractivity contribution in [3.63, 3.8) is 0 Å². The Morgan fingerprint density at radius 1 is 0.429 bits per heavy atom. The van der Waals surface area contributed by atoms with Gasteiger partial charge in [0.25, 0.3) is 0 Å². The third-order valence-electron chi connectivity index (χ3n) is 12.9. The highest BCUT2D eigenvalue weighted by Gasteiger charge is 2.37. The summed E-state index contributed by atoms with van der Waals surface area (Å²) in [5.74, 6) is 0. The van der Waals surface area contributed by atoms with Gasteiger partial charge in [-0.05, 0) is 135 Å². The first kappa shape index (κ1) is 32.0. The van der Waals surface area contributed by atoms with Crippen molar-refractivity contribution in [2.75, 3.05) is 0 Å². The summed E-state index contributed by atoms with van der Waals surface area (Å²) in [6, 6.07) is 59.6. The molecule has 2 aliphatic carbocycles. The van der Waals surface area contributed by atoms with Crippen molar-refractivity contribution < 1.29 is 0 Å². The van der Waals surface area contributed by atoms with Crippen LogP contribution in [0.2, 0.25) is 0 Å². The topological polar surface area (TPSA) is 0 Å². The third-order valence-corrected chi connectivity index (χ3v) is 14.0. The van der Waals surface area contributed by atoms with E-state index in [1.807, 2.05) is 11.3 Å². The van der Waals surface area contributed by atoms with Crippen LogP contribution in [0.3, 0.4) is 0 Å². The molecule has 0 aliphatic heterocycles. The van der Waals surface area contributed by atoms with Gasteiger partial charge in [0.05, 0.1) is 0 Å². The van der Waals surface area contributed by atoms with E-state index in [1.165, 1.54) is 119 Å². The van der Waals surface area contributed by atoms with Crippen LogP contribution in [0, 0.1) is 0 Å². The second kappa shape index (κ2) is 11.9. The second-order valence-corrected chi connectivity index (χ2v) is 17.3. The van der Waals surface area contributed by atoms with Crippen molar-refractivity contribution in [3.05, 3.63) is 179 Å². The van der Waals surface area contributed by atoms with Gasteiger partial charge in [-0.3, -0.25) is 0 Å². The van der Waals surface area contributed by atoms with Gasteiger partial charge in [-0.15, -0.1) is 11.3 Å². The maximum absolute atomic E-state index is 2.48. The molecule has 1 heteroatoms. The number of hydrogen-bond donors (Lipinski definition) is 0. The van der Waals surface area contributed by atoms with Crippen LogP contribution < -0.4 is 10.4 Å². The Bertz CT molecular complexity index is 3430. The Labute approximate surface area is 330 Å². The molecule has 0 saturated carbocycles. The van der Waals surface area contributed by atoms with Gasteiger partial charge >= 0.3 is 0 Å². The predicted molar refractivity (Wildman–Crippen MR) is 243 cm³/mol. The van der Waals surface area contributed by atoms with Crippen molar-refractivity contribution in [3.8, 4) is 44.5 Å². The standard InChI is InChI=1S/C55H38S/c1-55(2)48-29-25-37(32-47(48)45-27-26-43-44(54(45)55)28-30-50-53(43)46-17-9-10-18-49(46)56-50)34-19-22-35(23-20-34)51-39-13-5-7-15-41(39)52(42-16-8-6-14-40(42)51)38-24-21-33-11-3-4-12-36(33)31-38/h3-5,7,9-32H,6,8H2,1-2H3. The maximum atomic E-state index is 2.48. The van der Waals surface area contributed by atoms with Gasteiger partial charge in [0.15, 0.2) is 0 Å². The summed E-state index contributed by atoms with van der Waals surface area (Å²) in [6.45, 7) is 4.82. The van der Waals surface area contributed by atoms with E-state index < -0.39 is 0 Å². The summed E-state index contributed by atoms with van der Waals surface area (Å²) in [7, 11) is 0. The van der Waals surface area contributed by atoms with Crippen molar-refractivity contribution in [1.29, 1.82) is 0 Å². The first-order valence-electron chi connectivity index (χ1n) is 19.9. The fourth-order valence-corrected chi connectivity index (χ4v) is 11.4. The molecule has 1 heterocycles. The van der Waals surface area contributed by atoms with Gasteiger partial charge in [-0.2, -0.15) is 0 Å². The molecular formula is C55H38S. The Morgan fingerprint density at radius 2 is 1.05 bits per heavy atom. The normalized spacial score (nSPS) is 14.2. The molecule has 0 fully saturated rings. The lowest BCUT2D eigenvalue weighted by atomic mass is 9.79. The lowest BCUT2D eigenvalue weighted by molar-refractivity contribution is 0.666. The van der Waals surface area contributed by atoms with E-state index in [-0.39, 0.29) is 5.41 Å². The molecule has 0 radical (unpaired) electrons. The van der Waals surface area contributed by atoms with Crippen LogP contribution in [0.25, 0.3) is 109 Å². The minimum atomic E-state index is -0.0985. The van der Waals surface area contributed by atoms with Crippen molar-refractivity contribution >= 4 is 76.0 Å².